The van der Waals surface area contributed by atoms with Gasteiger partial charge in [-0.25, -0.2) is 4.39 Å². The Hall–Kier alpha value is -3.13. The fourth-order valence-corrected chi connectivity index (χ4v) is 4.44. The number of rotatable bonds is 7. The first-order valence-electron chi connectivity index (χ1n) is 10.8. The summed E-state index contributed by atoms with van der Waals surface area (Å²) in [6, 6.07) is 9.61. The van der Waals surface area contributed by atoms with Crippen molar-refractivity contribution in [3.8, 4) is 11.5 Å². The predicted octanol–water partition coefficient (Wildman–Crippen LogP) is 2.94. The van der Waals surface area contributed by atoms with Crippen molar-refractivity contribution in [2.24, 2.45) is 0 Å². The largest absolute Gasteiger partial charge is 0.493 e. The molecule has 2 aromatic carbocycles. The first kappa shape index (κ1) is 22.1. The van der Waals surface area contributed by atoms with Crippen LogP contribution in [0.4, 0.5) is 10.1 Å². The van der Waals surface area contributed by atoms with Gasteiger partial charge in [-0.3, -0.25) is 14.5 Å². The molecule has 2 aliphatic heterocycles. The molecule has 32 heavy (non-hydrogen) atoms. The second-order valence-electron chi connectivity index (χ2n) is 8.18. The molecule has 0 radical (unpaired) electrons. The molecule has 2 heterocycles. The maximum absolute atomic E-state index is 13.3. The number of nitrogens with zero attached hydrogens (tertiary/aromatic N) is 2. The number of carbonyl (C=O) groups excluding carboxylic acids is 2. The van der Waals surface area contributed by atoms with Gasteiger partial charge in [-0.2, -0.15) is 0 Å². The third-order valence-electron chi connectivity index (χ3n) is 6.16. The average Bonchev–Trinajstić information content (AvgIpc) is 3.18. The summed E-state index contributed by atoms with van der Waals surface area (Å²) in [4.78, 5) is 30.2. The van der Waals surface area contributed by atoms with E-state index in [4.69, 9.17) is 9.47 Å². The summed E-state index contributed by atoms with van der Waals surface area (Å²) < 4.78 is 24.0. The summed E-state index contributed by atoms with van der Waals surface area (Å²) in [5.41, 5.74) is 1.71. The van der Waals surface area contributed by atoms with Gasteiger partial charge >= 0.3 is 0 Å². The number of piperazine rings is 1. The molecule has 0 saturated carbocycles. The fourth-order valence-electron chi connectivity index (χ4n) is 4.44. The number of nitrogens with one attached hydrogen (secondary N) is 1. The van der Waals surface area contributed by atoms with E-state index >= 15 is 0 Å². The monoisotopic (exact) mass is 441 g/mol. The van der Waals surface area contributed by atoms with Gasteiger partial charge in [0.05, 0.1) is 19.9 Å². The lowest BCUT2D eigenvalue weighted by molar-refractivity contribution is -0.116. The van der Waals surface area contributed by atoms with Gasteiger partial charge in [0, 0.05) is 44.2 Å². The number of hydrogen-bond donors (Lipinski definition) is 1. The van der Waals surface area contributed by atoms with Crippen LogP contribution < -0.4 is 14.8 Å². The van der Waals surface area contributed by atoms with Gasteiger partial charge < -0.3 is 19.7 Å². The van der Waals surface area contributed by atoms with E-state index in [9.17, 15) is 14.0 Å². The van der Waals surface area contributed by atoms with Gasteiger partial charge in [0.2, 0.25) is 5.91 Å². The van der Waals surface area contributed by atoms with Crippen LogP contribution in [-0.4, -0.2) is 68.1 Å². The molecule has 1 N–H and O–H groups in total. The lowest BCUT2D eigenvalue weighted by atomic mass is 10.1. The Morgan fingerprint density at radius 1 is 1.09 bits per heavy atom. The normalized spacial score (nSPS) is 19.5. The highest BCUT2D eigenvalue weighted by Crippen LogP contribution is 2.37. The van der Waals surface area contributed by atoms with E-state index in [1.807, 2.05) is 4.90 Å². The second kappa shape index (κ2) is 9.56. The van der Waals surface area contributed by atoms with E-state index in [1.165, 1.54) is 26.4 Å². The van der Waals surface area contributed by atoms with Crippen LogP contribution in [0.15, 0.2) is 36.4 Å². The molecule has 170 valence electrons. The minimum Gasteiger partial charge on any atom is -0.493 e. The van der Waals surface area contributed by atoms with Gasteiger partial charge in [-0.15, -0.1) is 0 Å². The highest BCUT2D eigenvalue weighted by atomic mass is 19.1. The minimum atomic E-state index is -0.310. The molecule has 8 heteroatoms. The van der Waals surface area contributed by atoms with E-state index < -0.39 is 0 Å². The molecule has 2 saturated heterocycles. The average molecular weight is 442 g/mol. The Morgan fingerprint density at radius 2 is 1.88 bits per heavy atom. The molecule has 4 rings (SSSR count). The molecule has 2 unspecified atom stereocenters. The fraction of sp³-hybridized carbons (Fsp3) is 0.417. The number of aryl methyl sites for hydroxylation is 1. The van der Waals surface area contributed by atoms with Crippen LogP contribution in [0, 0.1) is 5.82 Å². The van der Waals surface area contributed by atoms with E-state index in [0.29, 0.717) is 35.7 Å². The van der Waals surface area contributed by atoms with E-state index in [1.54, 1.807) is 24.3 Å². The van der Waals surface area contributed by atoms with Gasteiger partial charge in [0.25, 0.3) is 5.91 Å². The number of benzene rings is 2. The molecular weight excluding hydrogens is 413 g/mol. The van der Waals surface area contributed by atoms with Crippen molar-refractivity contribution in [2.45, 2.75) is 25.3 Å². The van der Waals surface area contributed by atoms with Crippen molar-refractivity contribution in [3.63, 3.8) is 0 Å². The zero-order valence-corrected chi connectivity index (χ0v) is 18.4. The molecule has 2 amide bonds. The van der Waals surface area contributed by atoms with Crippen molar-refractivity contribution in [1.29, 1.82) is 0 Å². The van der Waals surface area contributed by atoms with Crippen molar-refractivity contribution >= 4 is 17.5 Å². The zero-order valence-electron chi connectivity index (χ0n) is 18.4. The molecule has 2 bridgehead atoms. The lowest BCUT2D eigenvalue weighted by Crippen LogP contribution is -2.49. The van der Waals surface area contributed by atoms with Crippen LogP contribution in [0.3, 0.4) is 0 Å². The third-order valence-corrected chi connectivity index (χ3v) is 6.16. The van der Waals surface area contributed by atoms with Crippen LogP contribution in [-0.2, 0) is 11.2 Å². The topological polar surface area (TPSA) is 71.1 Å². The van der Waals surface area contributed by atoms with Gasteiger partial charge in [0.15, 0.2) is 11.5 Å². The standard InChI is InChI=1S/C24H28FN3O4/c1-31-21-14-17(24(30)28-12-11-27-10-9-19(28)15-27)13-20(23(21)32-2)26-22(29)8-5-16-3-6-18(25)7-4-16/h3-4,6-7,13-14,19H,5,8-12,15H2,1-2H3,(H,26,29). The molecular formula is C24H28FN3O4. The lowest BCUT2D eigenvalue weighted by Gasteiger charge is -2.34. The summed E-state index contributed by atoms with van der Waals surface area (Å²) >= 11 is 0. The Balaban J connectivity index is 1.51. The molecule has 0 spiro atoms. The van der Waals surface area contributed by atoms with Crippen LogP contribution >= 0.6 is 0 Å². The van der Waals surface area contributed by atoms with Crippen LogP contribution in [0.5, 0.6) is 11.5 Å². The van der Waals surface area contributed by atoms with Crippen LogP contribution in [0.1, 0.15) is 28.8 Å². The van der Waals surface area contributed by atoms with Crippen molar-refractivity contribution < 1.29 is 23.5 Å². The molecule has 2 fully saturated rings. The number of halogens is 1. The maximum Gasteiger partial charge on any atom is 0.254 e. The number of methoxy groups -OCH3 is 2. The number of anilines is 1. The van der Waals surface area contributed by atoms with E-state index in [2.05, 4.69) is 10.2 Å². The van der Waals surface area contributed by atoms with Crippen LogP contribution in [0.25, 0.3) is 0 Å². The summed E-state index contributed by atoms with van der Waals surface area (Å²) in [7, 11) is 2.99. The Morgan fingerprint density at radius 3 is 2.59 bits per heavy atom. The van der Waals surface area contributed by atoms with Gasteiger partial charge in [0.1, 0.15) is 5.82 Å². The number of fused-ring (bicyclic) bond motifs is 2. The molecule has 2 aliphatic rings. The molecule has 0 aromatic heterocycles. The first-order valence-corrected chi connectivity index (χ1v) is 10.8. The van der Waals surface area contributed by atoms with Crippen molar-refractivity contribution in [3.05, 3.63) is 53.3 Å². The molecule has 2 aromatic rings. The van der Waals surface area contributed by atoms with E-state index in [0.717, 1.165) is 31.6 Å². The number of amides is 2. The zero-order chi connectivity index (χ0) is 22.7. The number of hydrogen-bond acceptors (Lipinski definition) is 5. The molecule has 2 atom stereocenters. The quantitative estimate of drug-likeness (QED) is 0.716. The Kier molecular flexibility index (Phi) is 6.60. The van der Waals surface area contributed by atoms with Gasteiger partial charge in [-0.1, -0.05) is 12.1 Å². The molecule has 7 nitrogen and oxygen atoms in total. The third kappa shape index (κ3) is 4.70. The molecule has 0 aliphatic carbocycles. The summed E-state index contributed by atoms with van der Waals surface area (Å²) in [6.45, 7) is 3.50. The van der Waals surface area contributed by atoms with Crippen LogP contribution in [0.2, 0.25) is 0 Å². The minimum absolute atomic E-state index is 0.0701. The summed E-state index contributed by atoms with van der Waals surface area (Å²) in [5.74, 6) is 0.139. The maximum atomic E-state index is 13.3. The van der Waals surface area contributed by atoms with Gasteiger partial charge in [-0.05, 0) is 42.7 Å². The Bertz CT molecular complexity index is 995. The van der Waals surface area contributed by atoms with E-state index in [-0.39, 0.29) is 30.1 Å². The number of ether oxygens (including phenoxy) is 2. The highest BCUT2D eigenvalue weighted by Gasteiger charge is 2.35. The highest BCUT2D eigenvalue weighted by molar-refractivity contribution is 5.99. The van der Waals surface area contributed by atoms with Crippen molar-refractivity contribution in [1.82, 2.24) is 9.80 Å². The SMILES string of the molecule is COc1cc(C(=O)N2CCN3CCC2C3)cc(NC(=O)CCc2ccc(F)cc2)c1OC. The number of carbonyl (C=O) groups is 2. The summed E-state index contributed by atoms with van der Waals surface area (Å²) in [6.07, 6.45) is 1.65. The smallest absolute Gasteiger partial charge is 0.254 e. The second-order valence-corrected chi connectivity index (χ2v) is 8.18. The van der Waals surface area contributed by atoms with Crippen molar-refractivity contribution in [2.75, 3.05) is 45.7 Å². The summed E-state index contributed by atoms with van der Waals surface area (Å²) in [5, 5.41) is 2.85. The Labute approximate surface area is 187 Å². The predicted molar refractivity (Wildman–Crippen MR) is 119 cm³/mol. The first-order chi connectivity index (χ1) is 15.5.